The average molecular weight is 242 g/mol. The topological polar surface area (TPSA) is 54.4 Å². The van der Waals surface area contributed by atoms with Crippen LogP contribution in [0.25, 0.3) is 0 Å². The first-order valence-electron chi connectivity index (χ1n) is 5.09. The van der Waals surface area contributed by atoms with Gasteiger partial charge in [0.2, 0.25) is 0 Å². The van der Waals surface area contributed by atoms with Gasteiger partial charge in [-0.05, 0) is 18.1 Å². The van der Waals surface area contributed by atoms with Gasteiger partial charge in [-0.3, -0.25) is 9.59 Å². The molecule has 5 heteroatoms. The Labute approximate surface area is 97.1 Å². The number of hydrogen-bond acceptors (Lipinski definition) is 2. The molecule has 3 nitrogen and oxygen atoms in total. The van der Waals surface area contributed by atoms with Crippen LogP contribution < -0.4 is 0 Å². The predicted octanol–water partition coefficient (Wildman–Crippen LogP) is 2.65. The third kappa shape index (κ3) is 4.30. The van der Waals surface area contributed by atoms with E-state index in [0.717, 1.165) is 12.1 Å². The highest BCUT2D eigenvalue weighted by atomic mass is 19.1. The second kappa shape index (κ2) is 5.52. The Hall–Kier alpha value is -1.78. The Morgan fingerprint density at radius 2 is 1.71 bits per heavy atom. The Bertz CT molecular complexity index is 423. The first-order valence-corrected chi connectivity index (χ1v) is 5.09. The number of hydrogen-bond donors (Lipinski definition) is 1. The Kier molecular flexibility index (Phi) is 4.31. The highest BCUT2D eigenvalue weighted by Crippen LogP contribution is 2.15. The zero-order valence-corrected chi connectivity index (χ0v) is 9.24. The van der Waals surface area contributed by atoms with Crippen molar-refractivity contribution in [2.45, 2.75) is 19.8 Å². The van der Waals surface area contributed by atoms with E-state index in [1.54, 1.807) is 6.92 Å². The van der Waals surface area contributed by atoms with E-state index >= 15 is 0 Å². The summed E-state index contributed by atoms with van der Waals surface area (Å²) in [5, 5.41) is 8.52. The molecular formula is C12H12F2O3. The number of halogens is 2. The minimum atomic E-state index is -1.00. The van der Waals surface area contributed by atoms with Gasteiger partial charge in [0, 0.05) is 24.5 Å². The summed E-state index contributed by atoms with van der Waals surface area (Å²) in [6.45, 7) is 1.60. The summed E-state index contributed by atoms with van der Waals surface area (Å²) >= 11 is 0. The highest BCUT2D eigenvalue weighted by molar-refractivity contribution is 5.96. The molecule has 92 valence electrons. The first-order chi connectivity index (χ1) is 7.88. The number of carbonyl (C=O) groups is 2. The van der Waals surface area contributed by atoms with E-state index in [0.29, 0.717) is 6.07 Å². The summed E-state index contributed by atoms with van der Waals surface area (Å²) < 4.78 is 25.7. The fourth-order valence-electron chi connectivity index (χ4n) is 1.52. The zero-order chi connectivity index (χ0) is 13.0. The molecule has 0 aliphatic carbocycles. The van der Waals surface area contributed by atoms with Crippen molar-refractivity contribution in [1.29, 1.82) is 0 Å². The molecule has 0 saturated carbocycles. The molecule has 0 amide bonds. The fraction of sp³-hybridized carbons (Fsp3) is 0.333. The molecule has 0 radical (unpaired) electrons. The SMILES string of the molecule is C[C@H](CC(=O)O)CC(=O)c1cc(F)cc(F)c1. The lowest BCUT2D eigenvalue weighted by molar-refractivity contribution is -0.137. The van der Waals surface area contributed by atoms with Crippen molar-refractivity contribution in [1.82, 2.24) is 0 Å². The van der Waals surface area contributed by atoms with Crippen LogP contribution in [-0.4, -0.2) is 16.9 Å². The maximum Gasteiger partial charge on any atom is 0.303 e. The highest BCUT2D eigenvalue weighted by Gasteiger charge is 2.15. The molecular weight excluding hydrogens is 230 g/mol. The van der Waals surface area contributed by atoms with Gasteiger partial charge in [-0.25, -0.2) is 8.78 Å². The largest absolute Gasteiger partial charge is 0.481 e. The van der Waals surface area contributed by atoms with E-state index in [1.807, 2.05) is 0 Å². The lowest BCUT2D eigenvalue weighted by atomic mass is 9.97. The van der Waals surface area contributed by atoms with E-state index in [4.69, 9.17) is 5.11 Å². The summed E-state index contributed by atoms with van der Waals surface area (Å²) in [6.07, 6.45) is -0.196. The standard InChI is InChI=1S/C12H12F2O3/c1-7(3-12(16)17)2-11(15)8-4-9(13)6-10(14)5-8/h4-7H,2-3H2,1H3,(H,16,17)/t7-/m0/s1. The molecule has 1 rings (SSSR count). The van der Waals surface area contributed by atoms with Gasteiger partial charge in [-0.1, -0.05) is 6.92 Å². The number of aliphatic carboxylic acids is 1. The number of carboxylic acid groups (broad SMARTS) is 1. The van der Waals surface area contributed by atoms with Crippen molar-refractivity contribution in [3.8, 4) is 0 Å². The van der Waals surface area contributed by atoms with Crippen LogP contribution in [0.15, 0.2) is 18.2 Å². The van der Waals surface area contributed by atoms with Crippen molar-refractivity contribution >= 4 is 11.8 Å². The summed E-state index contributed by atoms with van der Waals surface area (Å²) in [5.41, 5.74) is -0.0697. The lowest BCUT2D eigenvalue weighted by Gasteiger charge is -2.07. The van der Waals surface area contributed by atoms with E-state index < -0.39 is 23.4 Å². The number of ketones is 1. The molecule has 0 spiro atoms. The Morgan fingerprint density at radius 1 is 1.18 bits per heavy atom. The molecule has 0 fully saturated rings. The van der Waals surface area contributed by atoms with Gasteiger partial charge in [-0.2, -0.15) is 0 Å². The third-order valence-corrected chi connectivity index (χ3v) is 2.24. The Balaban J connectivity index is 2.72. The number of Topliss-reactive ketones (excluding diaryl/α,β-unsaturated/α-hetero) is 1. The summed E-state index contributed by atoms with van der Waals surface area (Å²) in [7, 11) is 0. The van der Waals surface area contributed by atoms with Gasteiger partial charge in [0.25, 0.3) is 0 Å². The van der Waals surface area contributed by atoms with Crippen molar-refractivity contribution in [2.75, 3.05) is 0 Å². The van der Waals surface area contributed by atoms with Crippen LogP contribution in [0.5, 0.6) is 0 Å². The van der Waals surface area contributed by atoms with Gasteiger partial charge in [0.15, 0.2) is 5.78 Å². The van der Waals surface area contributed by atoms with Crippen LogP contribution in [0.2, 0.25) is 0 Å². The number of carboxylic acids is 1. The van der Waals surface area contributed by atoms with Crippen molar-refractivity contribution in [2.24, 2.45) is 5.92 Å². The second-order valence-electron chi connectivity index (χ2n) is 3.99. The van der Waals surface area contributed by atoms with Crippen LogP contribution in [0, 0.1) is 17.6 Å². The molecule has 17 heavy (non-hydrogen) atoms. The monoisotopic (exact) mass is 242 g/mol. The van der Waals surface area contributed by atoms with Crippen LogP contribution >= 0.6 is 0 Å². The molecule has 0 aliphatic rings. The molecule has 0 aliphatic heterocycles. The van der Waals surface area contributed by atoms with Gasteiger partial charge in [-0.15, -0.1) is 0 Å². The molecule has 1 aromatic rings. The van der Waals surface area contributed by atoms with Gasteiger partial charge < -0.3 is 5.11 Å². The van der Waals surface area contributed by atoms with E-state index in [2.05, 4.69) is 0 Å². The molecule has 0 unspecified atom stereocenters. The molecule has 0 heterocycles. The minimum absolute atomic E-state index is 0.0464. The molecule has 1 atom stereocenters. The molecule has 0 bridgehead atoms. The van der Waals surface area contributed by atoms with E-state index in [1.165, 1.54) is 0 Å². The lowest BCUT2D eigenvalue weighted by Crippen LogP contribution is -2.10. The second-order valence-corrected chi connectivity index (χ2v) is 3.99. The van der Waals surface area contributed by atoms with E-state index in [9.17, 15) is 18.4 Å². The zero-order valence-electron chi connectivity index (χ0n) is 9.24. The fourth-order valence-corrected chi connectivity index (χ4v) is 1.52. The number of carbonyl (C=O) groups excluding carboxylic acids is 1. The van der Waals surface area contributed by atoms with Crippen LogP contribution in [-0.2, 0) is 4.79 Å². The number of benzene rings is 1. The third-order valence-electron chi connectivity index (χ3n) is 2.24. The predicted molar refractivity (Wildman–Crippen MR) is 56.7 cm³/mol. The smallest absolute Gasteiger partial charge is 0.303 e. The van der Waals surface area contributed by atoms with Crippen LogP contribution in [0.4, 0.5) is 8.78 Å². The molecule has 0 saturated heterocycles. The van der Waals surface area contributed by atoms with Gasteiger partial charge in [0.1, 0.15) is 11.6 Å². The first kappa shape index (κ1) is 13.3. The van der Waals surface area contributed by atoms with E-state index in [-0.39, 0.29) is 24.3 Å². The Morgan fingerprint density at radius 3 is 2.18 bits per heavy atom. The van der Waals surface area contributed by atoms with Gasteiger partial charge in [0.05, 0.1) is 0 Å². The summed E-state index contributed by atoms with van der Waals surface area (Å²) in [4.78, 5) is 22.0. The van der Waals surface area contributed by atoms with Crippen molar-refractivity contribution in [3.05, 3.63) is 35.4 Å². The average Bonchev–Trinajstić information content (AvgIpc) is 2.14. The minimum Gasteiger partial charge on any atom is -0.481 e. The van der Waals surface area contributed by atoms with Crippen molar-refractivity contribution in [3.63, 3.8) is 0 Å². The number of rotatable bonds is 5. The summed E-state index contributed by atoms with van der Waals surface area (Å²) in [6, 6.07) is 2.56. The summed E-state index contributed by atoms with van der Waals surface area (Å²) in [5.74, 6) is -3.47. The maximum absolute atomic E-state index is 12.8. The van der Waals surface area contributed by atoms with Crippen LogP contribution in [0.1, 0.15) is 30.1 Å². The van der Waals surface area contributed by atoms with Crippen molar-refractivity contribution < 1.29 is 23.5 Å². The molecule has 0 aromatic heterocycles. The quantitative estimate of drug-likeness (QED) is 0.807. The molecule has 1 N–H and O–H groups in total. The van der Waals surface area contributed by atoms with Crippen LogP contribution in [0.3, 0.4) is 0 Å². The molecule has 1 aromatic carbocycles. The maximum atomic E-state index is 12.8. The van der Waals surface area contributed by atoms with Gasteiger partial charge >= 0.3 is 5.97 Å². The normalized spacial score (nSPS) is 12.2.